The van der Waals surface area contributed by atoms with E-state index in [0.717, 1.165) is 22.3 Å². The van der Waals surface area contributed by atoms with Crippen molar-refractivity contribution in [1.29, 1.82) is 0 Å². The fourth-order valence-corrected chi connectivity index (χ4v) is 3.03. The van der Waals surface area contributed by atoms with Crippen LogP contribution in [0, 0.1) is 12.8 Å². The van der Waals surface area contributed by atoms with Gasteiger partial charge in [0.25, 0.3) is 0 Å². The summed E-state index contributed by atoms with van der Waals surface area (Å²) in [5.74, 6) is 0.381. The fourth-order valence-electron chi connectivity index (χ4n) is 3.03. The number of likely N-dealkylation sites (tertiary alicyclic amines) is 1. The van der Waals surface area contributed by atoms with Gasteiger partial charge in [0.2, 0.25) is 5.91 Å². The van der Waals surface area contributed by atoms with Crippen molar-refractivity contribution in [3.05, 3.63) is 35.6 Å². The molecule has 23 heavy (non-hydrogen) atoms. The van der Waals surface area contributed by atoms with Gasteiger partial charge in [0.15, 0.2) is 0 Å². The van der Waals surface area contributed by atoms with Crippen LogP contribution in [0.15, 0.2) is 28.7 Å². The summed E-state index contributed by atoms with van der Waals surface area (Å²) in [6, 6.07) is 7.69. The molecular weight excluding hydrogens is 294 g/mol. The Bertz CT molecular complexity index is 730. The standard InChI is InChI=1S/C17H21N3O3/c1-11-13-4-2-3-5-14(13)23-15(11)10-19-17(22)20-8-6-12(7-9-20)16(18)21/h2-5,12H,6-10H2,1H3,(H2,18,21)(H,19,22). The molecule has 1 aliphatic rings. The largest absolute Gasteiger partial charge is 0.459 e. The van der Waals surface area contributed by atoms with Crippen LogP contribution in [0.2, 0.25) is 0 Å². The lowest BCUT2D eigenvalue weighted by Crippen LogP contribution is -2.46. The fraction of sp³-hybridized carbons (Fsp3) is 0.412. The molecule has 3 amide bonds. The highest BCUT2D eigenvalue weighted by Crippen LogP contribution is 2.24. The molecule has 0 spiro atoms. The van der Waals surface area contributed by atoms with Gasteiger partial charge in [0.1, 0.15) is 11.3 Å². The van der Waals surface area contributed by atoms with Crippen LogP contribution in [0.1, 0.15) is 24.2 Å². The van der Waals surface area contributed by atoms with Crippen LogP contribution in [0.5, 0.6) is 0 Å². The number of para-hydroxylation sites is 1. The van der Waals surface area contributed by atoms with E-state index >= 15 is 0 Å². The third-order valence-electron chi connectivity index (χ3n) is 4.53. The Morgan fingerprint density at radius 2 is 2.00 bits per heavy atom. The first kappa shape index (κ1) is 15.4. The van der Waals surface area contributed by atoms with Crippen molar-refractivity contribution in [2.24, 2.45) is 11.7 Å². The topological polar surface area (TPSA) is 88.6 Å². The molecule has 0 bridgehead atoms. The van der Waals surface area contributed by atoms with Gasteiger partial charge in [-0.2, -0.15) is 0 Å². The third-order valence-corrected chi connectivity index (χ3v) is 4.53. The van der Waals surface area contributed by atoms with E-state index in [2.05, 4.69) is 5.32 Å². The van der Waals surface area contributed by atoms with Crippen LogP contribution in [0.3, 0.4) is 0 Å². The monoisotopic (exact) mass is 315 g/mol. The third kappa shape index (κ3) is 3.16. The van der Waals surface area contributed by atoms with Gasteiger partial charge < -0.3 is 20.4 Å². The number of hydrogen-bond acceptors (Lipinski definition) is 3. The summed E-state index contributed by atoms with van der Waals surface area (Å²) in [5, 5.41) is 3.96. The van der Waals surface area contributed by atoms with Gasteiger partial charge >= 0.3 is 6.03 Å². The summed E-state index contributed by atoms with van der Waals surface area (Å²) in [4.78, 5) is 25.1. The van der Waals surface area contributed by atoms with Gasteiger partial charge in [-0.3, -0.25) is 4.79 Å². The average Bonchev–Trinajstić information content (AvgIpc) is 2.89. The second-order valence-electron chi connectivity index (χ2n) is 5.97. The first-order valence-corrected chi connectivity index (χ1v) is 7.85. The second kappa shape index (κ2) is 6.32. The molecule has 0 atom stereocenters. The summed E-state index contributed by atoms with van der Waals surface area (Å²) in [7, 11) is 0. The number of furan rings is 1. The molecule has 2 aromatic rings. The zero-order chi connectivity index (χ0) is 16.4. The van der Waals surface area contributed by atoms with Crippen molar-refractivity contribution in [3.8, 4) is 0 Å². The summed E-state index contributed by atoms with van der Waals surface area (Å²) in [5.41, 5.74) is 7.19. The van der Waals surface area contributed by atoms with Gasteiger partial charge in [-0.05, 0) is 25.8 Å². The number of fused-ring (bicyclic) bond motifs is 1. The van der Waals surface area contributed by atoms with E-state index in [9.17, 15) is 9.59 Å². The number of nitrogens with two attached hydrogens (primary N) is 1. The molecule has 0 aliphatic carbocycles. The molecule has 1 saturated heterocycles. The summed E-state index contributed by atoms with van der Waals surface area (Å²) < 4.78 is 5.79. The SMILES string of the molecule is Cc1c(CNC(=O)N2CCC(C(N)=O)CC2)oc2ccccc12. The molecule has 1 aromatic heterocycles. The zero-order valence-corrected chi connectivity index (χ0v) is 13.2. The van der Waals surface area contributed by atoms with Gasteiger partial charge in [-0.25, -0.2) is 4.79 Å². The first-order chi connectivity index (χ1) is 11.1. The quantitative estimate of drug-likeness (QED) is 0.909. The maximum absolute atomic E-state index is 12.2. The Kier molecular flexibility index (Phi) is 4.23. The van der Waals surface area contributed by atoms with Crippen molar-refractivity contribution in [1.82, 2.24) is 10.2 Å². The highest BCUT2D eigenvalue weighted by molar-refractivity contribution is 5.82. The van der Waals surface area contributed by atoms with E-state index < -0.39 is 0 Å². The van der Waals surface area contributed by atoms with Crippen molar-refractivity contribution in [2.75, 3.05) is 13.1 Å². The molecule has 3 N–H and O–H groups in total. The second-order valence-corrected chi connectivity index (χ2v) is 5.97. The van der Waals surface area contributed by atoms with Gasteiger partial charge in [-0.15, -0.1) is 0 Å². The Balaban J connectivity index is 1.58. The molecule has 3 rings (SSSR count). The van der Waals surface area contributed by atoms with Crippen LogP contribution in [0.4, 0.5) is 4.79 Å². The lowest BCUT2D eigenvalue weighted by molar-refractivity contribution is -0.123. The molecule has 122 valence electrons. The number of carbonyl (C=O) groups excluding carboxylic acids is 2. The Morgan fingerprint density at radius 3 is 2.65 bits per heavy atom. The highest BCUT2D eigenvalue weighted by Gasteiger charge is 2.25. The Hall–Kier alpha value is -2.50. The minimum absolute atomic E-state index is 0.114. The predicted molar refractivity (Wildman–Crippen MR) is 86.7 cm³/mol. The van der Waals surface area contributed by atoms with Crippen molar-refractivity contribution in [3.63, 3.8) is 0 Å². The number of amides is 3. The molecule has 0 radical (unpaired) electrons. The van der Waals surface area contributed by atoms with Crippen LogP contribution in [0.25, 0.3) is 11.0 Å². The van der Waals surface area contributed by atoms with Crippen molar-refractivity contribution >= 4 is 22.9 Å². The minimum Gasteiger partial charge on any atom is -0.459 e. The molecule has 6 heteroatoms. The number of rotatable bonds is 3. The number of nitrogens with one attached hydrogen (secondary N) is 1. The first-order valence-electron chi connectivity index (χ1n) is 7.85. The van der Waals surface area contributed by atoms with Crippen molar-refractivity contribution < 1.29 is 14.0 Å². The number of nitrogens with zero attached hydrogens (tertiary/aromatic N) is 1. The maximum atomic E-state index is 12.2. The molecule has 1 aliphatic heterocycles. The molecule has 1 fully saturated rings. The van der Waals surface area contributed by atoms with E-state index in [0.29, 0.717) is 32.5 Å². The molecule has 0 saturated carbocycles. The molecule has 0 unspecified atom stereocenters. The van der Waals surface area contributed by atoms with Gasteiger partial charge in [-0.1, -0.05) is 18.2 Å². The summed E-state index contributed by atoms with van der Waals surface area (Å²) >= 11 is 0. The predicted octanol–water partition coefficient (Wildman–Crippen LogP) is 2.15. The number of aryl methyl sites for hydroxylation is 1. The van der Waals surface area contributed by atoms with E-state index in [1.165, 1.54) is 0 Å². The summed E-state index contributed by atoms with van der Waals surface area (Å²) in [6.07, 6.45) is 1.26. The van der Waals surface area contributed by atoms with Crippen molar-refractivity contribution in [2.45, 2.75) is 26.3 Å². The maximum Gasteiger partial charge on any atom is 0.317 e. The molecule has 2 heterocycles. The van der Waals surface area contributed by atoms with Crippen LogP contribution < -0.4 is 11.1 Å². The van der Waals surface area contributed by atoms with E-state index in [1.807, 2.05) is 31.2 Å². The number of hydrogen-bond donors (Lipinski definition) is 2. The van der Waals surface area contributed by atoms with Gasteiger partial charge in [0.05, 0.1) is 6.54 Å². The summed E-state index contributed by atoms with van der Waals surface area (Å²) in [6.45, 7) is 3.46. The van der Waals surface area contributed by atoms with E-state index in [-0.39, 0.29) is 17.9 Å². The van der Waals surface area contributed by atoms with Gasteiger partial charge in [0, 0.05) is 30.0 Å². The number of urea groups is 1. The smallest absolute Gasteiger partial charge is 0.317 e. The van der Waals surface area contributed by atoms with Crippen LogP contribution in [-0.2, 0) is 11.3 Å². The van der Waals surface area contributed by atoms with E-state index in [1.54, 1.807) is 4.90 Å². The highest BCUT2D eigenvalue weighted by atomic mass is 16.3. The average molecular weight is 315 g/mol. The Labute approximate surface area is 134 Å². The molecular formula is C17H21N3O3. The van der Waals surface area contributed by atoms with Crippen LogP contribution >= 0.6 is 0 Å². The normalized spacial score (nSPS) is 15.8. The molecule has 1 aromatic carbocycles. The Morgan fingerprint density at radius 1 is 1.30 bits per heavy atom. The number of piperidine rings is 1. The minimum atomic E-state index is -0.275. The van der Waals surface area contributed by atoms with E-state index in [4.69, 9.17) is 10.2 Å². The zero-order valence-electron chi connectivity index (χ0n) is 13.2. The molecule has 6 nitrogen and oxygen atoms in total. The number of carbonyl (C=O) groups is 2. The lowest BCUT2D eigenvalue weighted by Gasteiger charge is -2.30. The number of benzene rings is 1. The lowest BCUT2D eigenvalue weighted by atomic mass is 9.96. The number of primary amides is 1. The van der Waals surface area contributed by atoms with Crippen LogP contribution in [-0.4, -0.2) is 29.9 Å².